The van der Waals surface area contributed by atoms with Crippen LogP contribution >= 0.6 is 23.1 Å². The van der Waals surface area contributed by atoms with Crippen molar-refractivity contribution in [3.8, 4) is 0 Å². The highest BCUT2D eigenvalue weighted by molar-refractivity contribution is 8.00. The quantitative estimate of drug-likeness (QED) is 0.513. The number of thioether (sulfide) groups is 1. The topological polar surface area (TPSA) is 64.0 Å². The molecule has 1 atom stereocenters. The van der Waals surface area contributed by atoms with E-state index in [1.807, 2.05) is 0 Å². The van der Waals surface area contributed by atoms with Crippen LogP contribution in [-0.4, -0.2) is 20.7 Å². The lowest BCUT2D eigenvalue weighted by atomic mass is 10.2. The summed E-state index contributed by atoms with van der Waals surface area (Å²) in [4.78, 5) is 31.8. The predicted octanol–water partition coefficient (Wildman–Crippen LogP) is 3.88. The van der Waals surface area contributed by atoms with Gasteiger partial charge in [0, 0.05) is 18.0 Å². The number of carbonyl (C=O) groups is 1. The third-order valence-corrected chi connectivity index (χ3v) is 7.08. The Bertz CT molecular complexity index is 1160. The summed E-state index contributed by atoms with van der Waals surface area (Å²) in [6.45, 7) is 1.65. The number of fused-ring (bicyclic) bond motifs is 3. The van der Waals surface area contributed by atoms with Crippen LogP contribution in [0, 0.1) is 11.6 Å². The predicted molar refractivity (Wildman–Crippen MR) is 107 cm³/mol. The van der Waals surface area contributed by atoms with Crippen LogP contribution < -0.4 is 10.9 Å². The molecule has 0 aliphatic heterocycles. The van der Waals surface area contributed by atoms with Gasteiger partial charge < -0.3 is 5.32 Å². The fraction of sp³-hybridized carbons (Fsp3) is 0.316. The number of nitrogens with one attached hydrogen (secondary N) is 1. The molecule has 2 heterocycles. The molecule has 1 aliphatic carbocycles. The Balaban J connectivity index is 1.58. The van der Waals surface area contributed by atoms with Gasteiger partial charge in [0.15, 0.2) is 5.16 Å². The first-order valence-electron chi connectivity index (χ1n) is 8.79. The summed E-state index contributed by atoms with van der Waals surface area (Å²) in [5, 5.41) is 2.93. The number of carbonyl (C=O) groups excluding carboxylic acids is 1. The van der Waals surface area contributed by atoms with E-state index < -0.39 is 22.8 Å². The molecule has 1 aromatic carbocycles. The van der Waals surface area contributed by atoms with Gasteiger partial charge in [-0.1, -0.05) is 11.8 Å². The van der Waals surface area contributed by atoms with E-state index in [1.54, 1.807) is 25.3 Å². The monoisotopic (exact) mass is 421 g/mol. The number of halogens is 2. The number of amides is 1. The Hall–Kier alpha value is -2.26. The zero-order chi connectivity index (χ0) is 20.0. The van der Waals surface area contributed by atoms with E-state index in [2.05, 4.69) is 10.3 Å². The first-order valence-corrected chi connectivity index (χ1v) is 10.5. The molecule has 0 spiro atoms. The number of thiophene rings is 1. The van der Waals surface area contributed by atoms with Gasteiger partial charge in [0.2, 0.25) is 5.91 Å². The summed E-state index contributed by atoms with van der Waals surface area (Å²) >= 11 is 2.67. The van der Waals surface area contributed by atoms with Crippen molar-refractivity contribution in [3.63, 3.8) is 0 Å². The zero-order valence-electron chi connectivity index (χ0n) is 15.2. The van der Waals surface area contributed by atoms with Crippen molar-refractivity contribution >= 4 is 44.9 Å². The Morgan fingerprint density at radius 3 is 2.89 bits per heavy atom. The molecule has 146 valence electrons. The molecule has 0 fully saturated rings. The average Bonchev–Trinajstić information content (AvgIpc) is 3.22. The maximum Gasteiger partial charge on any atom is 0.262 e. The van der Waals surface area contributed by atoms with Gasteiger partial charge in [-0.25, -0.2) is 13.8 Å². The van der Waals surface area contributed by atoms with E-state index in [4.69, 9.17) is 0 Å². The lowest BCUT2D eigenvalue weighted by Crippen LogP contribution is -2.26. The molecule has 0 saturated heterocycles. The summed E-state index contributed by atoms with van der Waals surface area (Å²) in [6.07, 6.45) is 2.94. The summed E-state index contributed by atoms with van der Waals surface area (Å²) in [5.41, 5.74) is 0.914. The number of nitrogens with zero attached hydrogens (tertiary/aromatic N) is 2. The van der Waals surface area contributed by atoms with Gasteiger partial charge in [-0.15, -0.1) is 11.3 Å². The van der Waals surface area contributed by atoms with E-state index in [9.17, 15) is 18.4 Å². The first kappa shape index (κ1) is 19.1. The number of hydrogen-bond acceptors (Lipinski definition) is 5. The molecule has 0 bridgehead atoms. The highest BCUT2D eigenvalue weighted by Crippen LogP contribution is 2.35. The van der Waals surface area contributed by atoms with Crippen LogP contribution in [0.2, 0.25) is 0 Å². The molecule has 3 aromatic rings. The van der Waals surface area contributed by atoms with Gasteiger partial charge >= 0.3 is 0 Å². The maximum absolute atomic E-state index is 13.8. The maximum atomic E-state index is 13.8. The number of rotatable bonds is 4. The van der Waals surface area contributed by atoms with Crippen molar-refractivity contribution in [2.45, 2.75) is 36.6 Å². The molecule has 2 aromatic heterocycles. The number of benzene rings is 1. The fourth-order valence-corrected chi connectivity index (χ4v) is 5.42. The van der Waals surface area contributed by atoms with Crippen LogP contribution in [-0.2, 0) is 24.7 Å². The molecule has 28 heavy (non-hydrogen) atoms. The molecular formula is C19H17F2N3O2S2. The number of anilines is 1. The van der Waals surface area contributed by atoms with Crippen LogP contribution in [0.1, 0.15) is 23.8 Å². The standard InChI is InChI=1S/C19H17F2N3O2S2/c1-9(16(25)22-13-7-6-10(20)8-12(13)21)27-19-23-17-15(18(26)24(19)2)11-4-3-5-14(11)28-17/h6-9H,3-5H2,1-2H3,(H,22,25). The largest absolute Gasteiger partial charge is 0.323 e. The van der Waals surface area contributed by atoms with Gasteiger partial charge in [-0.2, -0.15) is 0 Å². The van der Waals surface area contributed by atoms with Gasteiger partial charge in [0.05, 0.1) is 16.3 Å². The SMILES string of the molecule is CC(Sc1nc2sc3c(c2c(=O)n1C)CCC3)C(=O)Nc1ccc(F)cc1F. The highest BCUT2D eigenvalue weighted by atomic mass is 32.2. The smallest absolute Gasteiger partial charge is 0.262 e. The van der Waals surface area contributed by atoms with Crippen molar-refractivity contribution < 1.29 is 13.6 Å². The van der Waals surface area contributed by atoms with Crippen LogP contribution in [0.3, 0.4) is 0 Å². The molecule has 0 saturated carbocycles. The molecule has 9 heteroatoms. The van der Waals surface area contributed by atoms with E-state index in [-0.39, 0.29) is 11.2 Å². The molecule has 4 rings (SSSR count). The second-order valence-electron chi connectivity index (χ2n) is 6.67. The van der Waals surface area contributed by atoms with Crippen LogP contribution in [0.15, 0.2) is 28.2 Å². The van der Waals surface area contributed by atoms with Crippen LogP contribution in [0.5, 0.6) is 0 Å². The molecule has 1 unspecified atom stereocenters. The van der Waals surface area contributed by atoms with E-state index in [0.717, 1.165) is 42.7 Å². The molecular weight excluding hydrogens is 404 g/mol. The Labute approximate surface area is 167 Å². The summed E-state index contributed by atoms with van der Waals surface area (Å²) in [5.74, 6) is -2.02. The van der Waals surface area contributed by atoms with Gasteiger partial charge in [-0.05, 0) is 43.9 Å². The minimum absolute atomic E-state index is 0.0918. The lowest BCUT2D eigenvalue weighted by molar-refractivity contribution is -0.115. The number of hydrogen-bond donors (Lipinski definition) is 1. The Morgan fingerprint density at radius 2 is 2.14 bits per heavy atom. The summed E-state index contributed by atoms with van der Waals surface area (Å²) < 4.78 is 28.2. The summed E-state index contributed by atoms with van der Waals surface area (Å²) in [6, 6.07) is 2.96. The number of aryl methyl sites for hydroxylation is 2. The van der Waals surface area contributed by atoms with E-state index in [0.29, 0.717) is 21.4 Å². The zero-order valence-corrected chi connectivity index (χ0v) is 16.8. The van der Waals surface area contributed by atoms with Crippen molar-refractivity contribution in [1.29, 1.82) is 0 Å². The number of aromatic nitrogens is 2. The lowest BCUT2D eigenvalue weighted by Gasteiger charge is -2.14. The van der Waals surface area contributed by atoms with Crippen LogP contribution in [0.4, 0.5) is 14.5 Å². The minimum Gasteiger partial charge on any atom is -0.323 e. The second kappa shape index (κ2) is 7.29. The van der Waals surface area contributed by atoms with E-state index >= 15 is 0 Å². The van der Waals surface area contributed by atoms with Crippen molar-refractivity contribution in [2.24, 2.45) is 7.05 Å². The highest BCUT2D eigenvalue weighted by Gasteiger charge is 2.24. The third kappa shape index (κ3) is 3.33. The summed E-state index contributed by atoms with van der Waals surface area (Å²) in [7, 11) is 1.64. The van der Waals surface area contributed by atoms with Gasteiger partial charge in [0.1, 0.15) is 16.5 Å². The third-order valence-electron chi connectivity index (χ3n) is 4.75. The average molecular weight is 421 g/mol. The molecule has 5 nitrogen and oxygen atoms in total. The molecule has 1 aliphatic rings. The normalized spacial score (nSPS) is 14.3. The first-order chi connectivity index (χ1) is 13.3. The van der Waals surface area contributed by atoms with E-state index in [1.165, 1.54) is 15.5 Å². The molecule has 0 radical (unpaired) electrons. The van der Waals surface area contributed by atoms with Gasteiger partial charge in [0.25, 0.3) is 5.56 Å². The Morgan fingerprint density at radius 1 is 1.36 bits per heavy atom. The minimum atomic E-state index is -0.842. The van der Waals surface area contributed by atoms with Crippen molar-refractivity contribution in [3.05, 3.63) is 50.6 Å². The fourth-order valence-electron chi connectivity index (χ4n) is 3.25. The molecule has 1 amide bonds. The van der Waals surface area contributed by atoms with Crippen molar-refractivity contribution in [1.82, 2.24) is 9.55 Å². The van der Waals surface area contributed by atoms with Crippen LogP contribution in [0.25, 0.3) is 10.2 Å². The molecule has 1 N–H and O–H groups in total. The Kier molecular flexibility index (Phi) is 4.96. The van der Waals surface area contributed by atoms with Crippen molar-refractivity contribution in [2.75, 3.05) is 5.32 Å². The second-order valence-corrected chi connectivity index (χ2v) is 9.06. The van der Waals surface area contributed by atoms with Gasteiger partial charge in [-0.3, -0.25) is 14.2 Å².